The second-order valence-corrected chi connectivity index (χ2v) is 9.66. The van der Waals surface area contributed by atoms with Gasteiger partial charge < -0.3 is 14.1 Å². The first-order valence-corrected chi connectivity index (χ1v) is 12.5. The zero-order valence-electron chi connectivity index (χ0n) is 20.6. The van der Waals surface area contributed by atoms with Crippen molar-refractivity contribution in [1.82, 2.24) is 9.78 Å². The molecule has 38 heavy (non-hydrogen) atoms. The number of hydrogen-bond acceptors (Lipinski definition) is 6. The zero-order valence-corrected chi connectivity index (χ0v) is 21.3. The van der Waals surface area contributed by atoms with Crippen molar-refractivity contribution in [2.24, 2.45) is 4.99 Å². The summed E-state index contributed by atoms with van der Waals surface area (Å²) >= 11 is 6.15. The van der Waals surface area contributed by atoms with Gasteiger partial charge in [0.05, 0.1) is 41.2 Å². The van der Waals surface area contributed by atoms with Crippen molar-refractivity contribution in [2.45, 2.75) is 13.0 Å². The Bertz CT molecular complexity index is 1870. The van der Waals surface area contributed by atoms with Gasteiger partial charge in [0.1, 0.15) is 23.4 Å². The average molecular weight is 521 g/mol. The maximum Gasteiger partial charge on any atom is 0.198 e. The van der Waals surface area contributed by atoms with Crippen LogP contribution in [-0.4, -0.2) is 22.7 Å². The van der Waals surface area contributed by atoms with Crippen molar-refractivity contribution in [2.75, 3.05) is 12.0 Å². The molecule has 1 unspecified atom stereocenters. The molecule has 0 saturated heterocycles. The number of hydrogen-bond donors (Lipinski definition) is 0. The van der Waals surface area contributed by atoms with Gasteiger partial charge in [0, 0.05) is 10.6 Å². The van der Waals surface area contributed by atoms with Crippen molar-refractivity contribution >= 4 is 46.0 Å². The van der Waals surface area contributed by atoms with Crippen LogP contribution in [0.3, 0.4) is 0 Å². The number of benzene rings is 3. The maximum atomic E-state index is 14.1. The van der Waals surface area contributed by atoms with Crippen LogP contribution in [0, 0.1) is 6.92 Å². The Morgan fingerprint density at radius 2 is 1.84 bits per heavy atom. The van der Waals surface area contributed by atoms with Crippen LogP contribution in [0.25, 0.3) is 22.7 Å². The van der Waals surface area contributed by atoms with Crippen molar-refractivity contribution in [1.29, 1.82) is 0 Å². The number of halogens is 1. The topological polar surface area (TPSA) is 72.9 Å². The number of nitrogens with zero attached hydrogens (tertiary/aromatic N) is 4. The first-order chi connectivity index (χ1) is 18.5. The highest BCUT2D eigenvalue weighted by Crippen LogP contribution is 2.46. The van der Waals surface area contributed by atoms with Crippen LogP contribution in [-0.2, 0) is 0 Å². The molecule has 3 aromatic carbocycles. The Morgan fingerprint density at radius 3 is 2.66 bits per heavy atom. The number of aryl methyl sites for hydroxylation is 1. The molecule has 0 fully saturated rings. The predicted octanol–water partition coefficient (Wildman–Crippen LogP) is 6.62. The van der Waals surface area contributed by atoms with Crippen LogP contribution in [0.5, 0.6) is 5.75 Å². The monoisotopic (exact) mass is 520 g/mol. The number of aromatic nitrogens is 2. The highest BCUT2D eigenvalue weighted by molar-refractivity contribution is 6.30. The number of methoxy groups -OCH3 is 1. The first kappa shape index (κ1) is 22.6. The molecule has 0 saturated carbocycles. The predicted molar refractivity (Wildman–Crippen MR) is 149 cm³/mol. The lowest BCUT2D eigenvalue weighted by atomic mass is 9.92. The van der Waals surface area contributed by atoms with E-state index in [2.05, 4.69) is 4.90 Å². The number of aliphatic imine (C=N–C) groups is 1. The fraction of sp³-hybridized carbons (Fsp3) is 0.100. The fourth-order valence-corrected chi connectivity index (χ4v) is 5.39. The molecule has 186 valence electrons. The van der Waals surface area contributed by atoms with E-state index in [1.165, 1.54) is 0 Å². The SMILES string of the molecule is COc1ccc2occ(C3c4c(C)nn(-c5ccc(Cl)cc5)c4N=C4C=Cc5ccccc5N43)c(=O)c2c1. The van der Waals surface area contributed by atoms with Crippen molar-refractivity contribution in [3.05, 3.63) is 117 Å². The summed E-state index contributed by atoms with van der Waals surface area (Å²) in [5.74, 6) is 1.96. The second kappa shape index (κ2) is 8.46. The van der Waals surface area contributed by atoms with Crippen molar-refractivity contribution in [3.63, 3.8) is 0 Å². The second-order valence-electron chi connectivity index (χ2n) is 9.23. The summed E-state index contributed by atoms with van der Waals surface area (Å²) in [5, 5.41) is 5.96. The largest absolute Gasteiger partial charge is 0.497 e. The lowest BCUT2D eigenvalue weighted by Crippen LogP contribution is -2.40. The molecule has 0 bridgehead atoms. The van der Waals surface area contributed by atoms with E-state index in [1.807, 2.05) is 67.6 Å². The van der Waals surface area contributed by atoms with E-state index in [0.29, 0.717) is 39.0 Å². The van der Waals surface area contributed by atoms with Gasteiger partial charge in [-0.2, -0.15) is 5.10 Å². The average Bonchev–Trinajstić information content (AvgIpc) is 3.28. The van der Waals surface area contributed by atoms with Gasteiger partial charge in [0.2, 0.25) is 0 Å². The standard InChI is InChI=1S/C30H21ClN4O3/c1-17-27-28(23-16-38-25-13-12-21(37-2)15-22(25)29(23)36)34-24-6-4-3-5-18(24)7-14-26(34)32-30(27)35(33-17)20-10-8-19(31)9-11-20/h3-16,28H,1-2H3. The van der Waals surface area contributed by atoms with E-state index in [0.717, 1.165) is 28.2 Å². The highest BCUT2D eigenvalue weighted by atomic mass is 35.5. The van der Waals surface area contributed by atoms with E-state index in [1.54, 1.807) is 36.3 Å². The van der Waals surface area contributed by atoms with Gasteiger partial charge in [0.15, 0.2) is 11.2 Å². The van der Waals surface area contributed by atoms with Crippen LogP contribution in [0.1, 0.15) is 28.4 Å². The summed E-state index contributed by atoms with van der Waals surface area (Å²) in [6, 6.07) is 20.2. The molecule has 2 aromatic heterocycles. The van der Waals surface area contributed by atoms with Gasteiger partial charge in [-0.15, -0.1) is 0 Å². The number of fused-ring (bicyclic) bond motifs is 5. The number of para-hydroxylation sites is 1. The van der Waals surface area contributed by atoms with Crippen LogP contribution >= 0.6 is 11.6 Å². The zero-order chi connectivity index (χ0) is 26.0. The molecule has 0 aliphatic carbocycles. The highest BCUT2D eigenvalue weighted by Gasteiger charge is 2.39. The van der Waals surface area contributed by atoms with Gasteiger partial charge in [-0.25, -0.2) is 9.67 Å². The van der Waals surface area contributed by atoms with Crippen LogP contribution < -0.4 is 15.1 Å². The minimum absolute atomic E-state index is 0.131. The number of amidine groups is 1. The molecule has 0 amide bonds. The molecule has 8 heteroatoms. The minimum atomic E-state index is -0.517. The van der Waals surface area contributed by atoms with Crippen molar-refractivity contribution in [3.8, 4) is 11.4 Å². The van der Waals surface area contributed by atoms with E-state index >= 15 is 0 Å². The molecule has 7 rings (SSSR count). The van der Waals surface area contributed by atoms with E-state index in [9.17, 15) is 4.79 Å². The normalized spacial score (nSPS) is 15.6. The Kier molecular flexibility index (Phi) is 5.03. The molecular weight excluding hydrogens is 500 g/mol. The van der Waals surface area contributed by atoms with Crippen LogP contribution in [0.4, 0.5) is 11.5 Å². The Labute approximate surface area is 222 Å². The summed E-state index contributed by atoms with van der Waals surface area (Å²) < 4.78 is 13.2. The molecule has 2 aliphatic heterocycles. The fourth-order valence-electron chi connectivity index (χ4n) is 5.27. The maximum absolute atomic E-state index is 14.1. The molecule has 0 N–H and O–H groups in total. The summed E-state index contributed by atoms with van der Waals surface area (Å²) in [6.45, 7) is 1.94. The first-order valence-electron chi connectivity index (χ1n) is 12.1. The molecule has 0 spiro atoms. The molecule has 1 atom stereocenters. The quantitative estimate of drug-likeness (QED) is 0.267. The van der Waals surface area contributed by atoms with Gasteiger partial charge in [0.25, 0.3) is 0 Å². The number of ether oxygens (including phenoxy) is 1. The van der Waals surface area contributed by atoms with Crippen LogP contribution in [0.2, 0.25) is 5.02 Å². The summed E-state index contributed by atoms with van der Waals surface area (Å²) in [5.41, 5.74) is 5.27. The van der Waals surface area contributed by atoms with E-state index in [4.69, 9.17) is 30.8 Å². The molecule has 7 nitrogen and oxygen atoms in total. The third-order valence-corrected chi connectivity index (χ3v) is 7.31. The van der Waals surface area contributed by atoms with Gasteiger partial charge in [-0.1, -0.05) is 29.8 Å². The lowest BCUT2D eigenvalue weighted by molar-refractivity contribution is 0.415. The van der Waals surface area contributed by atoms with Crippen molar-refractivity contribution < 1.29 is 9.15 Å². The molecular formula is C30H21ClN4O3. The summed E-state index contributed by atoms with van der Waals surface area (Å²) in [6.07, 6.45) is 5.57. The lowest BCUT2D eigenvalue weighted by Gasteiger charge is -2.38. The third kappa shape index (κ3) is 3.32. The van der Waals surface area contributed by atoms with Gasteiger partial charge in [-0.3, -0.25) is 4.79 Å². The number of anilines is 1. The molecule has 2 aliphatic rings. The summed E-state index contributed by atoms with van der Waals surface area (Å²) in [7, 11) is 1.58. The minimum Gasteiger partial charge on any atom is -0.497 e. The third-order valence-electron chi connectivity index (χ3n) is 7.06. The molecule has 4 heterocycles. The molecule has 5 aromatic rings. The number of rotatable bonds is 3. The Morgan fingerprint density at radius 1 is 1.03 bits per heavy atom. The summed E-state index contributed by atoms with van der Waals surface area (Å²) in [4.78, 5) is 21.2. The van der Waals surface area contributed by atoms with Gasteiger partial charge >= 0.3 is 0 Å². The van der Waals surface area contributed by atoms with Crippen LogP contribution in [0.15, 0.2) is 93.3 Å². The van der Waals surface area contributed by atoms with Gasteiger partial charge in [-0.05, 0) is 73.2 Å². The Balaban J connectivity index is 1.53. The Hall–Kier alpha value is -4.62. The molecule has 0 radical (unpaired) electrons. The van der Waals surface area contributed by atoms with E-state index < -0.39 is 6.04 Å². The smallest absolute Gasteiger partial charge is 0.198 e. The van der Waals surface area contributed by atoms with E-state index in [-0.39, 0.29) is 5.43 Å².